The van der Waals surface area contributed by atoms with E-state index in [0.29, 0.717) is 13.1 Å². The molecule has 5 nitrogen and oxygen atoms in total. The molecule has 1 atom stereocenters. The Morgan fingerprint density at radius 2 is 2.18 bits per heavy atom. The zero-order chi connectivity index (χ0) is 16.3. The van der Waals surface area contributed by atoms with E-state index in [1.807, 2.05) is 13.8 Å². The fraction of sp³-hybridized carbons (Fsp3) is 0.647. The molecule has 2 heterocycles. The summed E-state index contributed by atoms with van der Waals surface area (Å²) in [4.78, 5) is 29.3. The molecule has 1 aliphatic rings. The molecule has 0 bridgehead atoms. The largest absolute Gasteiger partial charge is 0.396 e. The number of likely N-dealkylation sites (tertiary alicyclic amines) is 1. The molecule has 122 valence electrons. The van der Waals surface area contributed by atoms with Crippen molar-refractivity contribution in [3.8, 4) is 0 Å². The van der Waals surface area contributed by atoms with Crippen molar-refractivity contribution >= 4 is 5.91 Å². The van der Waals surface area contributed by atoms with E-state index in [4.69, 9.17) is 0 Å². The van der Waals surface area contributed by atoms with Crippen LogP contribution in [0.15, 0.2) is 10.9 Å². The number of aromatic nitrogens is 1. The molecular formula is C17H26N2O3. The standard InChI is InChI=1S/C17H26N2O3/c1-4-6-17(11-20)7-8-19(10-17)16(22)13-9-12(3)14(5-2)18-15(13)21/h9,20H,4-8,10-11H2,1-3H3,(H,18,21). The Labute approximate surface area is 131 Å². The SMILES string of the molecule is CCCC1(CO)CCN(C(=O)c2cc(C)c(CC)[nH]c2=O)C1. The van der Waals surface area contributed by atoms with Crippen molar-refractivity contribution in [2.75, 3.05) is 19.7 Å². The van der Waals surface area contributed by atoms with Crippen LogP contribution in [0.3, 0.4) is 0 Å². The molecule has 5 heteroatoms. The number of carbonyl (C=O) groups is 1. The average molecular weight is 306 g/mol. The van der Waals surface area contributed by atoms with E-state index < -0.39 is 0 Å². The van der Waals surface area contributed by atoms with Gasteiger partial charge >= 0.3 is 0 Å². The summed E-state index contributed by atoms with van der Waals surface area (Å²) in [7, 11) is 0. The summed E-state index contributed by atoms with van der Waals surface area (Å²) < 4.78 is 0. The molecule has 1 aromatic rings. The molecule has 0 aromatic carbocycles. The van der Waals surface area contributed by atoms with Gasteiger partial charge in [-0.1, -0.05) is 20.3 Å². The van der Waals surface area contributed by atoms with Crippen molar-refractivity contribution in [1.82, 2.24) is 9.88 Å². The minimum Gasteiger partial charge on any atom is -0.396 e. The van der Waals surface area contributed by atoms with Gasteiger partial charge in [-0.15, -0.1) is 0 Å². The maximum absolute atomic E-state index is 12.7. The molecule has 0 aliphatic carbocycles. The van der Waals surface area contributed by atoms with Gasteiger partial charge < -0.3 is 15.0 Å². The van der Waals surface area contributed by atoms with Crippen LogP contribution < -0.4 is 5.56 Å². The molecule has 1 fully saturated rings. The molecule has 1 aliphatic heterocycles. The van der Waals surface area contributed by atoms with Crippen molar-refractivity contribution in [1.29, 1.82) is 0 Å². The van der Waals surface area contributed by atoms with Crippen LogP contribution >= 0.6 is 0 Å². The predicted molar refractivity (Wildman–Crippen MR) is 86.1 cm³/mol. The zero-order valence-electron chi connectivity index (χ0n) is 13.7. The summed E-state index contributed by atoms with van der Waals surface area (Å²) >= 11 is 0. The zero-order valence-corrected chi connectivity index (χ0v) is 13.7. The summed E-state index contributed by atoms with van der Waals surface area (Å²) in [6.07, 6.45) is 3.42. The van der Waals surface area contributed by atoms with Gasteiger partial charge in [-0.3, -0.25) is 9.59 Å². The van der Waals surface area contributed by atoms with Crippen molar-refractivity contribution in [2.45, 2.75) is 46.5 Å². The minimum absolute atomic E-state index is 0.0920. The van der Waals surface area contributed by atoms with Crippen LogP contribution in [-0.2, 0) is 6.42 Å². The number of aryl methyl sites for hydroxylation is 2. The highest BCUT2D eigenvalue weighted by atomic mass is 16.3. The van der Waals surface area contributed by atoms with Gasteiger partial charge in [-0.05, 0) is 37.8 Å². The number of H-pyrrole nitrogens is 1. The summed E-state index contributed by atoms with van der Waals surface area (Å²) in [5.41, 5.74) is 1.50. The van der Waals surface area contributed by atoms with Gasteiger partial charge in [0.15, 0.2) is 0 Å². The van der Waals surface area contributed by atoms with Crippen LogP contribution in [0.5, 0.6) is 0 Å². The first-order valence-corrected chi connectivity index (χ1v) is 8.09. The second-order valence-electron chi connectivity index (χ2n) is 6.41. The van der Waals surface area contributed by atoms with Gasteiger partial charge in [0.2, 0.25) is 0 Å². The Hall–Kier alpha value is -1.62. The monoisotopic (exact) mass is 306 g/mol. The third-order valence-corrected chi connectivity index (χ3v) is 4.77. The molecule has 1 saturated heterocycles. The van der Waals surface area contributed by atoms with Gasteiger partial charge in [-0.2, -0.15) is 0 Å². The van der Waals surface area contributed by atoms with E-state index in [9.17, 15) is 14.7 Å². The molecule has 0 saturated carbocycles. The smallest absolute Gasteiger partial charge is 0.261 e. The number of rotatable bonds is 5. The van der Waals surface area contributed by atoms with Crippen LogP contribution in [0.4, 0.5) is 0 Å². The van der Waals surface area contributed by atoms with E-state index in [-0.39, 0.29) is 29.1 Å². The van der Waals surface area contributed by atoms with E-state index in [2.05, 4.69) is 11.9 Å². The summed E-state index contributed by atoms with van der Waals surface area (Å²) in [5, 5.41) is 9.68. The van der Waals surface area contributed by atoms with Gasteiger partial charge in [-0.25, -0.2) is 0 Å². The maximum atomic E-state index is 12.7. The number of amides is 1. The first-order chi connectivity index (χ1) is 10.5. The first-order valence-electron chi connectivity index (χ1n) is 8.09. The number of nitrogens with zero attached hydrogens (tertiary/aromatic N) is 1. The van der Waals surface area contributed by atoms with Crippen LogP contribution in [0.1, 0.15) is 54.7 Å². The molecule has 2 N–H and O–H groups in total. The van der Waals surface area contributed by atoms with E-state index in [1.165, 1.54) is 0 Å². The molecule has 2 rings (SSSR count). The van der Waals surface area contributed by atoms with Crippen LogP contribution in [-0.4, -0.2) is 40.6 Å². The molecule has 1 unspecified atom stereocenters. The third kappa shape index (κ3) is 3.09. The minimum atomic E-state index is -0.315. The van der Waals surface area contributed by atoms with Gasteiger partial charge in [0.1, 0.15) is 5.56 Å². The number of carbonyl (C=O) groups excluding carboxylic acids is 1. The lowest BCUT2D eigenvalue weighted by atomic mass is 9.83. The lowest BCUT2D eigenvalue weighted by Gasteiger charge is -2.26. The number of aromatic amines is 1. The third-order valence-electron chi connectivity index (χ3n) is 4.77. The predicted octanol–water partition coefficient (Wildman–Crippen LogP) is 1.87. The molecule has 22 heavy (non-hydrogen) atoms. The second-order valence-corrected chi connectivity index (χ2v) is 6.41. The first kappa shape index (κ1) is 16.7. The fourth-order valence-corrected chi connectivity index (χ4v) is 3.42. The van der Waals surface area contributed by atoms with E-state index >= 15 is 0 Å². The van der Waals surface area contributed by atoms with E-state index in [1.54, 1.807) is 11.0 Å². The van der Waals surface area contributed by atoms with Gasteiger partial charge in [0.25, 0.3) is 11.5 Å². The number of hydrogen-bond donors (Lipinski definition) is 2. The maximum Gasteiger partial charge on any atom is 0.261 e. The fourth-order valence-electron chi connectivity index (χ4n) is 3.42. The normalized spacial score (nSPS) is 21.4. The highest BCUT2D eigenvalue weighted by molar-refractivity contribution is 5.94. The Morgan fingerprint density at radius 3 is 2.77 bits per heavy atom. The van der Waals surface area contributed by atoms with Crippen LogP contribution in [0, 0.1) is 12.3 Å². The second kappa shape index (κ2) is 6.65. The van der Waals surface area contributed by atoms with Gasteiger partial charge in [0.05, 0.1) is 6.61 Å². The Balaban J connectivity index is 2.23. The van der Waals surface area contributed by atoms with Crippen LogP contribution in [0.25, 0.3) is 0 Å². The molecular weight excluding hydrogens is 280 g/mol. The summed E-state index contributed by atoms with van der Waals surface area (Å²) in [6, 6.07) is 1.69. The summed E-state index contributed by atoms with van der Waals surface area (Å²) in [6.45, 7) is 7.19. The number of aliphatic hydroxyl groups is 1. The number of aliphatic hydroxyl groups excluding tert-OH is 1. The highest BCUT2D eigenvalue weighted by Gasteiger charge is 2.39. The van der Waals surface area contributed by atoms with Crippen molar-refractivity contribution in [3.63, 3.8) is 0 Å². The van der Waals surface area contributed by atoms with Crippen molar-refractivity contribution in [3.05, 3.63) is 33.2 Å². The summed E-state index contributed by atoms with van der Waals surface area (Å²) in [5.74, 6) is -0.224. The average Bonchev–Trinajstić information content (AvgIpc) is 2.93. The number of nitrogens with one attached hydrogen (secondary N) is 1. The van der Waals surface area contributed by atoms with Gasteiger partial charge in [0, 0.05) is 24.2 Å². The Kier molecular flexibility index (Phi) is 5.06. The highest BCUT2D eigenvalue weighted by Crippen LogP contribution is 2.35. The number of hydrogen-bond acceptors (Lipinski definition) is 3. The van der Waals surface area contributed by atoms with Crippen LogP contribution in [0.2, 0.25) is 0 Å². The topological polar surface area (TPSA) is 73.4 Å². The Bertz CT molecular complexity index is 608. The lowest BCUT2D eigenvalue weighted by molar-refractivity contribution is 0.0727. The lowest BCUT2D eigenvalue weighted by Crippen LogP contribution is -2.36. The van der Waals surface area contributed by atoms with E-state index in [0.717, 1.165) is 36.9 Å². The van der Waals surface area contributed by atoms with Crippen molar-refractivity contribution in [2.24, 2.45) is 5.41 Å². The molecule has 1 aromatic heterocycles. The quantitative estimate of drug-likeness (QED) is 0.872. The Morgan fingerprint density at radius 1 is 1.45 bits per heavy atom. The number of pyridine rings is 1. The molecule has 0 radical (unpaired) electrons. The van der Waals surface area contributed by atoms with Crippen molar-refractivity contribution < 1.29 is 9.90 Å². The molecule has 1 amide bonds. The molecule has 0 spiro atoms.